The van der Waals surface area contributed by atoms with Gasteiger partial charge in [-0.1, -0.05) is 6.92 Å². The molecule has 1 atom stereocenters. The van der Waals surface area contributed by atoms with E-state index in [-0.39, 0.29) is 0 Å². The summed E-state index contributed by atoms with van der Waals surface area (Å²) in [5, 5.41) is 12.4. The first-order chi connectivity index (χ1) is 9.22. The summed E-state index contributed by atoms with van der Waals surface area (Å²) < 4.78 is 0. The zero-order valence-corrected chi connectivity index (χ0v) is 11.4. The minimum Gasteiger partial charge on any atom is -0.478 e. The molecule has 1 fully saturated rings. The molecule has 0 aliphatic carbocycles. The number of piperidine rings is 1. The molecule has 1 heterocycles. The van der Waals surface area contributed by atoms with Gasteiger partial charge in [0.25, 0.3) is 0 Å². The molecular weight excluding hydrogens is 240 g/mol. The number of carboxylic acid groups (broad SMARTS) is 1. The van der Waals surface area contributed by atoms with Crippen LogP contribution in [0.2, 0.25) is 0 Å². The largest absolute Gasteiger partial charge is 0.478 e. The third kappa shape index (κ3) is 3.47. The van der Waals surface area contributed by atoms with E-state index < -0.39 is 5.97 Å². The zero-order chi connectivity index (χ0) is 13.7. The lowest BCUT2D eigenvalue weighted by molar-refractivity contribution is 0.0697. The van der Waals surface area contributed by atoms with Gasteiger partial charge in [-0.05, 0) is 50.1 Å². The van der Waals surface area contributed by atoms with Gasteiger partial charge < -0.3 is 15.3 Å². The molecular formula is C15H22N2O2. The van der Waals surface area contributed by atoms with Crippen LogP contribution < -0.4 is 10.2 Å². The van der Waals surface area contributed by atoms with Crippen LogP contribution in [-0.4, -0.2) is 36.8 Å². The lowest BCUT2D eigenvalue weighted by atomic mass is 10.0. The van der Waals surface area contributed by atoms with Gasteiger partial charge >= 0.3 is 5.97 Å². The van der Waals surface area contributed by atoms with E-state index >= 15 is 0 Å². The summed E-state index contributed by atoms with van der Waals surface area (Å²) in [6.07, 6.45) is 3.50. The third-order valence-electron chi connectivity index (χ3n) is 3.62. The Bertz CT molecular complexity index is 411. The SMILES string of the molecule is CCCN(c1ccc(C(=O)O)cc1)C1CCCNC1. The summed E-state index contributed by atoms with van der Waals surface area (Å²) in [5.74, 6) is -0.868. The second-order valence-corrected chi connectivity index (χ2v) is 5.05. The van der Waals surface area contributed by atoms with E-state index in [0.29, 0.717) is 11.6 Å². The molecule has 4 nitrogen and oxygen atoms in total. The van der Waals surface area contributed by atoms with E-state index in [1.54, 1.807) is 12.1 Å². The van der Waals surface area contributed by atoms with Gasteiger partial charge in [-0.15, -0.1) is 0 Å². The van der Waals surface area contributed by atoms with Crippen molar-refractivity contribution in [3.05, 3.63) is 29.8 Å². The normalized spacial score (nSPS) is 19.1. The Morgan fingerprint density at radius 1 is 1.42 bits per heavy atom. The van der Waals surface area contributed by atoms with Gasteiger partial charge in [-0.3, -0.25) is 0 Å². The fraction of sp³-hybridized carbons (Fsp3) is 0.533. The van der Waals surface area contributed by atoms with Crippen molar-refractivity contribution in [1.29, 1.82) is 0 Å². The van der Waals surface area contributed by atoms with Crippen LogP contribution in [0.25, 0.3) is 0 Å². The monoisotopic (exact) mass is 262 g/mol. The highest BCUT2D eigenvalue weighted by Crippen LogP contribution is 2.21. The number of benzene rings is 1. The van der Waals surface area contributed by atoms with Gasteiger partial charge in [-0.2, -0.15) is 0 Å². The average molecular weight is 262 g/mol. The van der Waals surface area contributed by atoms with Gasteiger partial charge in [0, 0.05) is 24.8 Å². The highest BCUT2D eigenvalue weighted by atomic mass is 16.4. The summed E-state index contributed by atoms with van der Waals surface area (Å²) in [7, 11) is 0. The van der Waals surface area contributed by atoms with Crippen molar-refractivity contribution in [2.45, 2.75) is 32.2 Å². The number of rotatable bonds is 5. The molecule has 1 aliphatic heterocycles. The predicted octanol–water partition coefficient (Wildman–Crippen LogP) is 2.35. The van der Waals surface area contributed by atoms with Crippen LogP contribution in [0.1, 0.15) is 36.5 Å². The topological polar surface area (TPSA) is 52.6 Å². The van der Waals surface area contributed by atoms with Crippen molar-refractivity contribution in [2.24, 2.45) is 0 Å². The van der Waals surface area contributed by atoms with E-state index in [1.807, 2.05) is 12.1 Å². The van der Waals surface area contributed by atoms with Crippen LogP contribution in [-0.2, 0) is 0 Å². The maximum absolute atomic E-state index is 10.9. The molecule has 0 saturated carbocycles. The standard InChI is InChI=1S/C15H22N2O2/c1-2-10-17(14-4-3-9-16-11-14)13-7-5-12(6-8-13)15(18)19/h5-8,14,16H,2-4,9-11H2,1H3,(H,18,19). The molecule has 1 saturated heterocycles. The van der Waals surface area contributed by atoms with E-state index in [2.05, 4.69) is 17.1 Å². The number of carbonyl (C=O) groups is 1. The van der Waals surface area contributed by atoms with Gasteiger partial charge in [0.05, 0.1) is 5.56 Å². The van der Waals surface area contributed by atoms with Crippen LogP contribution in [0.3, 0.4) is 0 Å². The van der Waals surface area contributed by atoms with Crippen LogP contribution in [0.4, 0.5) is 5.69 Å². The summed E-state index contributed by atoms with van der Waals surface area (Å²) >= 11 is 0. The van der Waals surface area contributed by atoms with Gasteiger partial charge in [0.15, 0.2) is 0 Å². The molecule has 1 aliphatic rings. The predicted molar refractivity (Wildman–Crippen MR) is 76.9 cm³/mol. The van der Waals surface area contributed by atoms with Crippen LogP contribution in [0.5, 0.6) is 0 Å². The van der Waals surface area contributed by atoms with E-state index in [9.17, 15) is 4.79 Å². The van der Waals surface area contributed by atoms with Crippen LogP contribution in [0, 0.1) is 0 Å². The summed E-state index contributed by atoms with van der Waals surface area (Å²) in [5.41, 5.74) is 1.47. The number of hydrogen-bond donors (Lipinski definition) is 2. The Kier molecular flexibility index (Phi) is 4.80. The Labute approximate surface area is 114 Å². The van der Waals surface area contributed by atoms with E-state index in [1.165, 1.54) is 12.8 Å². The molecule has 2 rings (SSSR count). The molecule has 4 heteroatoms. The summed E-state index contributed by atoms with van der Waals surface area (Å²) in [6, 6.07) is 7.75. The number of nitrogens with zero attached hydrogens (tertiary/aromatic N) is 1. The van der Waals surface area contributed by atoms with Crippen molar-refractivity contribution in [1.82, 2.24) is 5.32 Å². The summed E-state index contributed by atoms with van der Waals surface area (Å²) in [6.45, 7) is 5.31. The minimum absolute atomic E-state index is 0.349. The Hall–Kier alpha value is -1.55. The Morgan fingerprint density at radius 3 is 2.68 bits per heavy atom. The van der Waals surface area contributed by atoms with Crippen LogP contribution >= 0.6 is 0 Å². The molecule has 0 aromatic heterocycles. The average Bonchev–Trinajstić information content (AvgIpc) is 2.46. The fourth-order valence-electron chi connectivity index (χ4n) is 2.66. The lowest BCUT2D eigenvalue weighted by Crippen LogP contribution is -2.46. The maximum atomic E-state index is 10.9. The summed E-state index contributed by atoms with van der Waals surface area (Å²) in [4.78, 5) is 13.3. The van der Waals surface area contributed by atoms with Crippen molar-refractivity contribution >= 4 is 11.7 Å². The van der Waals surface area contributed by atoms with Crippen molar-refractivity contribution in [3.63, 3.8) is 0 Å². The third-order valence-corrected chi connectivity index (χ3v) is 3.62. The second kappa shape index (κ2) is 6.57. The zero-order valence-electron chi connectivity index (χ0n) is 11.4. The molecule has 19 heavy (non-hydrogen) atoms. The first-order valence-electron chi connectivity index (χ1n) is 7.03. The molecule has 0 radical (unpaired) electrons. The quantitative estimate of drug-likeness (QED) is 0.855. The number of anilines is 1. The molecule has 2 N–H and O–H groups in total. The van der Waals surface area contributed by atoms with Crippen molar-refractivity contribution in [2.75, 3.05) is 24.5 Å². The highest BCUT2D eigenvalue weighted by Gasteiger charge is 2.20. The van der Waals surface area contributed by atoms with Crippen LogP contribution in [0.15, 0.2) is 24.3 Å². The molecule has 0 spiro atoms. The molecule has 104 valence electrons. The number of carboxylic acids is 1. The highest BCUT2D eigenvalue weighted by molar-refractivity contribution is 5.88. The first-order valence-corrected chi connectivity index (χ1v) is 7.03. The van der Waals surface area contributed by atoms with Gasteiger partial charge in [-0.25, -0.2) is 4.79 Å². The second-order valence-electron chi connectivity index (χ2n) is 5.05. The van der Waals surface area contributed by atoms with Crippen molar-refractivity contribution in [3.8, 4) is 0 Å². The maximum Gasteiger partial charge on any atom is 0.335 e. The Balaban J connectivity index is 2.15. The Morgan fingerprint density at radius 2 is 2.16 bits per heavy atom. The molecule has 1 aromatic carbocycles. The molecule has 0 bridgehead atoms. The lowest BCUT2D eigenvalue weighted by Gasteiger charge is -2.36. The number of aromatic carboxylic acids is 1. The fourth-order valence-corrected chi connectivity index (χ4v) is 2.66. The van der Waals surface area contributed by atoms with Gasteiger partial charge in [0.1, 0.15) is 0 Å². The number of nitrogens with one attached hydrogen (secondary N) is 1. The minimum atomic E-state index is -0.868. The molecule has 0 amide bonds. The smallest absolute Gasteiger partial charge is 0.335 e. The number of hydrogen-bond acceptors (Lipinski definition) is 3. The molecule has 1 unspecified atom stereocenters. The van der Waals surface area contributed by atoms with Gasteiger partial charge in [0.2, 0.25) is 0 Å². The van der Waals surface area contributed by atoms with Crippen molar-refractivity contribution < 1.29 is 9.90 Å². The molecule has 1 aromatic rings. The van der Waals surface area contributed by atoms with E-state index in [0.717, 1.165) is 31.7 Å². The first kappa shape index (κ1) is 13.9. The van der Waals surface area contributed by atoms with E-state index in [4.69, 9.17) is 5.11 Å².